The van der Waals surface area contributed by atoms with Crippen LogP contribution >= 0.6 is 0 Å². The van der Waals surface area contributed by atoms with Gasteiger partial charge in [0.1, 0.15) is 13.2 Å². The third-order valence-electron chi connectivity index (χ3n) is 19.5. The summed E-state index contributed by atoms with van der Waals surface area (Å²) in [6.45, 7) is 4.83. The maximum Gasteiger partial charge on any atom is 0.306 e. The Morgan fingerprint density at radius 3 is 0.840 bits per heavy atom. The van der Waals surface area contributed by atoms with Gasteiger partial charge in [0, 0.05) is 12.8 Å². The highest BCUT2D eigenvalue weighted by Gasteiger charge is 2.22. The fourth-order valence-electron chi connectivity index (χ4n) is 13.0. The van der Waals surface area contributed by atoms with Gasteiger partial charge in [-0.05, 0) is 44.9 Å². The van der Waals surface area contributed by atoms with Crippen LogP contribution in [0.25, 0.3) is 0 Å². The van der Waals surface area contributed by atoms with Gasteiger partial charge in [-0.15, -0.1) is 0 Å². The summed E-state index contributed by atoms with van der Waals surface area (Å²) in [6.07, 6.45) is 94.7. The summed E-state index contributed by atoms with van der Waals surface area (Å²) >= 11 is 0. The molecule has 0 aliphatic carbocycles. The molecule has 0 saturated heterocycles. The van der Waals surface area contributed by atoms with Crippen molar-refractivity contribution < 1.29 is 42.9 Å². The lowest BCUT2D eigenvalue weighted by Crippen LogP contribution is -2.44. The molecule has 0 aromatic rings. The van der Waals surface area contributed by atoms with Crippen LogP contribution in [0.3, 0.4) is 0 Å². The summed E-state index contributed by atoms with van der Waals surface area (Å²) in [5.41, 5.74) is 0. The molecule has 556 valence electrons. The molecule has 0 N–H and O–H groups in total. The van der Waals surface area contributed by atoms with Crippen molar-refractivity contribution in [1.82, 2.24) is 0 Å². The number of ether oxygens (including phenoxy) is 4. The van der Waals surface area contributed by atoms with Crippen molar-refractivity contribution in [1.29, 1.82) is 0 Å². The number of rotatable bonds is 80. The smallest absolute Gasteiger partial charge is 0.306 e. The fourth-order valence-corrected chi connectivity index (χ4v) is 13.0. The summed E-state index contributed by atoms with van der Waals surface area (Å²) in [6, 6.07) is 0. The van der Waals surface area contributed by atoms with Crippen LogP contribution in [0.1, 0.15) is 444 Å². The van der Waals surface area contributed by atoms with Gasteiger partial charge in [0.25, 0.3) is 0 Å². The van der Waals surface area contributed by atoms with E-state index in [0.717, 1.165) is 44.9 Å². The van der Waals surface area contributed by atoms with Gasteiger partial charge in [-0.2, -0.15) is 0 Å². The number of carbonyl (C=O) groups excluding carboxylic acids is 3. The molecule has 0 heterocycles. The number of esters is 2. The number of aliphatic carboxylic acids is 1. The van der Waals surface area contributed by atoms with Crippen LogP contribution in [0.15, 0.2) is 24.3 Å². The summed E-state index contributed by atoms with van der Waals surface area (Å²) in [5, 5.41) is 11.9. The highest BCUT2D eigenvalue weighted by atomic mass is 16.7. The Bertz CT molecular complexity index is 1590. The summed E-state index contributed by atoms with van der Waals surface area (Å²) in [7, 11) is 5.96. The SMILES string of the molecule is CCCCCCC/C=C\C/C=C\CCCCCCCCCCCCCCCCCCCCCCCCCC(=O)OC(COC(=O)CCCCCCCCCCCCCCCCCCCCCCCCCCCCCCCCCCCC)COC(OCC[N+](C)(C)C)C(=O)[O-]. The molecule has 0 aromatic carbocycles. The van der Waals surface area contributed by atoms with E-state index in [9.17, 15) is 19.5 Å². The van der Waals surface area contributed by atoms with Gasteiger partial charge in [-0.3, -0.25) is 9.59 Å². The standard InChI is InChI=1S/C85H163NO8/c1-6-8-10-12-14-16-18-20-22-24-26-28-30-32-34-36-38-40-42-44-46-48-50-52-54-56-58-60-62-64-66-68-70-72-74-76-83(88)94-81(80-93-85(84(89)90)91-78-77-86(3,4)5)79-92-82(87)75-73-71-69-67-65-63-61-59-57-55-53-51-49-47-45-43-41-39-37-35-33-31-29-27-25-23-21-19-17-15-13-11-9-7-2/h18,20,24,26,81,85H,6-17,19,21-23,25,27-80H2,1-5H3/b20-18-,26-24-. The van der Waals surface area contributed by atoms with Gasteiger partial charge < -0.3 is 33.3 Å². The molecular weight excluding hydrogens is 1160 g/mol. The first kappa shape index (κ1) is 91.8. The number of likely N-dealkylation sites (N-methyl/N-ethyl adjacent to an activating group) is 1. The predicted molar refractivity (Wildman–Crippen MR) is 403 cm³/mol. The molecule has 0 fully saturated rings. The average Bonchev–Trinajstić information content (AvgIpc) is 3.76. The monoisotopic (exact) mass is 1330 g/mol. The van der Waals surface area contributed by atoms with Gasteiger partial charge >= 0.3 is 11.9 Å². The zero-order valence-electron chi connectivity index (χ0n) is 63.9. The number of quaternary nitrogens is 1. The van der Waals surface area contributed by atoms with E-state index >= 15 is 0 Å². The molecule has 0 aromatic heterocycles. The van der Waals surface area contributed by atoms with E-state index in [1.165, 1.54) is 372 Å². The largest absolute Gasteiger partial charge is 0.545 e. The lowest BCUT2D eigenvalue weighted by atomic mass is 10.0. The second kappa shape index (κ2) is 76.5. The number of unbranched alkanes of at least 4 members (excludes halogenated alkanes) is 61. The molecule has 0 aliphatic heterocycles. The van der Waals surface area contributed by atoms with E-state index in [4.69, 9.17) is 18.9 Å². The molecule has 0 rings (SSSR count). The number of hydrogen-bond donors (Lipinski definition) is 0. The van der Waals surface area contributed by atoms with Crippen molar-refractivity contribution in [2.75, 3.05) is 47.5 Å². The van der Waals surface area contributed by atoms with Crippen LogP contribution < -0.4 is 5.11 Å². The Morgan fingerprint density at radius 1 is 0.319 bits per heavy atom. The van der Waals surface area contributed by atoms with E-state index in [2.05, 4.69) is 38.2 Å². The lowest BCUT2D eigenvalue weighted by Gasteiger charge is -2.26. The summed E-state index contributed by atoms with van der Waals surface area (Å²) < 4.78 is 22.9. The number of carbonyl (C=O) groups is 3. The molecule has 2 unspecified atom stereocenters. The molecule has 94 heavy (non-hydrogen) atoms. The van der Waals surface area contributed by atoms with E-state index in [0.29, 0.717) is 17.4 Å². The zero-order valence-corrected chi connectivity index (χ0v) is 63.9. The maximum atomic E-state index is 13.0. The third-order valence-corrected chi connectivity index (χ3v) is 19.5. The lowest BCUT2D eigenvalue weighted by molar-refractivity contribution is -0.870. The predicted octanol–water partition coefficient (Wildman–Crippen LogP) is 25.5. The number of carboxylic acid groups (broad SMARTS) is 1. The molecule has 9 heteroatoms. The first-order valence-corrected chi connectivity index (χ1v) is 42.0. The van der Waals surface area contributed by atoms with Crippen LogP contribution in [0, 0.1) is 0 Å². The molecule has 0 bridgehead atoms. The van der Waals surface area contributed by atoms with E-state index in [-0.39, 0.29) is 32.2 Å². The highest BCUT2D eigenvalue weighted by molar-refractivity contribution is 5.70. The normalized spacial score (nSPS) is 12.6. The Morgan fingerprint density at radius 2 is 0.574 bits per heavy atom. The number of nitrogens with zero attached hydrogens (tertiary/aromatic N) is 1. The van der Waals surface area contributed by atoms with Gasteiger partial charge in [0.15, 0.2) is 12.4 Å². The topological polar surface area (TPSA) is 111 Å². The van der Waals surface area contributed by atoms with Crippen molar-refractivity contribution in [3.8, 4) is 0 Å². The van der Waals surface area contributed by atoms with Crippen molar-refractivity contribution in [3.63, 3.8) is 0 Å². The maximum absolute atomic E-state index is 13.0. The van der Waals surface area contributed by atoms with Gasteiger partial charge in [0.05, 0.1) is 40.3 Å². The van der Waals surface area contributed by atoms with Crippen LogP contribution in [-0.2, 0) is 33.3 Å². The minimum absolute atomic E-state index is 0.152. The van der Waals surface area contributed by atoms with Crippen LogP contribution in [-0.4, -0.2) is 82.3 Å². The van der Waals surface area contributed by atoms with E-state index in [1.54, 1.807) is 0 Å². The quantitative estimate of drug-likeness (QED) is 0.0195. The van der Waals surface area contributed by atoms with Crippen molar-refractivity contribution in [2.45, 2.75) is 456 Å². The molecule has 9 nitrogen and oxygen atoms in total. The van der Waals surface area contributed by atoms with Crippen molar-refractivity contribution >= 4 is 17.9 Å². The number of carboxylic acids is 1. The highest BCUT2D eigenvalue weighted by Crippen LogP contribution is 2.21. The van der Waals surface area contributed by atoms with E-state index < -0.39 is 24.3 Å². The summed E-state index contributed by atoms with van der Waals surface area (Å²) in [4.78, 5) is 37.6. The van der Waals surface area contributed by atoms with Crippen molar-refractivity contribution in [2.24, 2.45) is 0 Å². The number of hydrogen-bond acceptors (Lipinski definition) is 8. The Hall–Kier alpha value is -2.23. The zero-order chi connectivity index (χ0) is 68.2. The van der Waals surface area contributed by atoms with Crippen LogP contribution in [0.4, 0.5) is 0 Å². The third kappa shape index (κ3) is 77.1. The first-order chi connectivity index (χ1) is 46.1. The van der Waals surface area contributed by atoms with Gasteiger partial charge in [-0.25, -0.2) is 0 Å². The molecule has 0 aliphatic rings. The Kier molecular flexibility index (Phi) is 74.7. The Labute approximate surface area is 586 Å². The van der Waals surface area contributed by atoms with Crippen molar-refractivity contribution in [3.05, 3.63) is 24.3 Å². The molecule has 0 amide bonds. The molecule has 2 atom stereocenters. The molecular formula is C85H163NO8. The van der Waals surface area contributed by atoms with Crippen LogP contribution in [0.2, 0.25) is 0 Å². The first-order valence-electron chi connectivity index (χ1n) is 42.0. The summed E-state index contributed by atoms with van der Waals surface area (Å²) in [5.74, 6) is -2.24. The Balaban J connectivity index is 3.93. The minimum Gasteiger partial charge on any atom is -0.545 e. The minimum atomic E-state index is -1.62. The van der Waals surface area contributed by atoms with E-state index in [1.807, 2.05) is 21.1 Å². The average molecular weight is 1330 g/mol. The fraction of sp³-hybridized carbons (Fsp3) is 0.918. The molecule has 0 saturated carbocycles. The van der Waals surface area contributed by atoms with Gasteiger partial charge in [0.2, 0.25) is 0 Å². The van der Waals surface area contributed by atoms with Crippen LogP contribution in [0.5, 0.6) is 0 Å². The van der Waals surface area contributed by atoms with Gasteiger partial charge in [-0.1, -0.05) is 411 Å². The second-order valence-corrected chi connectivity index (χ2v) is 30.1. The molecule has 0 radical (unpaired) electrons. The molecule has 0 spiro atoms. The number of allylic oxidation sites excluding steroid dienone is 4. The second-order valence-electron chi connectivity index (χ2n) is 30.1.